The van der Waals surface area contributed by atoms with E-state index in [-0.39, 0.29) is 6.04 Å². The molecule has 0 bridgehead atoms. The molecule has 0 spiro atoms. The van der Waals surface area contributed by atoms with Crippen LogP contribution < -0.4 is 16.0 Å². The first-order valence-corrected chi connectivity index (χ1v) is 7.83. The molecule has 0 saturated carbocycles. The molecule has 0 saturated heterocycles. The second-order valence-corrected chi connectivity index (χ2v) is 6.26. The maximum absolute atomic E-state index is 6.24. The lowest BCUT2D eigenvalue weighted by Crippen LogP contribution is -2.29. The Balaban J connectivity index is 2.24. The molecule has 6 heteroatoms. The first-order valence-electron chi connectivity index (χ1n) is 6.28. The second-order valence-electron chi connectivity index (χ2n) is 4.56. The summed E-state index contributed by atoms with van der Waals surface area (Å²) in [6.45, 7) is 0. The standard InChI is InChI=1S/C15H15BrCl2N2O/c1-21-15-5-2-9(6-12(15)16)7-14(20-19)11-4-3-10(17)8-13(11)18/h2-6,8,14,20H,7,19H2,1H3. The number of halogens is 3. The van der Waals surface area contributed by atoms with E-state index in [1.165, 1.54) is 0 Å². The Morgan fingerprint density at radius 1 is 1.24 bits per heavy atom. The van der Waals surface area contributed by atoms with Crippen LogP contribution in [0.1, 0.15) is 17.2 Å². The number of hydrogen-bond acceptors (Lipinski definition) is 3. The van der Waals surface area contributed by atoms with Crippen LogP contribution in [-0.2, 0) is 6.42 Å². The predicted octanol–water partition coefficient (Wildman–Crippen LogP) is 4.51. The van der Waals surface area contributed by atoms with E-state index in [2.05, 4.69) is 21.4 Å². The Morgan fingerprint density at radius 3 is 2.57 bits per heavy atom. The third kappa shape index (κ3) is 4.11. The number of hydrogen-bond donors (Lipinski definition) is 2. The molecule has 112 valence electrons. The molecular formula is C15H15BrCl2N2O. The van der Waals surface area contributed by atoms with Crippen molar-refractivity contribution in [2.75, 3.05) is 7.11 Å². The topological polar surface area (TPSA) is 47.3 Å². The van der Waals surface area contributed by atoms with Crippen molar-refractivity contribution in [3.8, 4) is 5.75 Å². The highest BCUT2D eigenvalue weighted by molar-refractivity contribution is 9.10. The Kier molecular flexibility index (Phi) is 5.90. The van der Waals surface area contributed by atoms with Gasteiger partial charge in [-0.1, -0.05) is 35.3 Å². The summed E-state index contributed by atoms with van der Waals surface area (Å²) in [5.74, 6) is 6.47. The summed E-state index contributed by atoms with van der Waals surface area (Å²) in [5, 5.41) is 1.20. The van der Waals surface area contributed by atoms with Crippen LogP contribution in [0, 0.1) is 0 Å². The van der Waals surface area contributed by atoms with Crippen LogP contribution in [0.3, 0.4) is 0 Å². The fourth-order valence-corrected chi connectivity index (χ4v) is 3.24. The van der Waals surface area contributed by atoms with E-state index in [0.717, 1.165) is 21.3 Å². The summed E-state index contributed by atoms with van der Waals surface area (Å²) in [4.78, 5) is 0. The van der Waals surface area contributed by atoms with Gasteiger partial charge in [-0.15, -0.1) is 0 Å². The molecule has 0 aromatic heterocycles. The fraction of sp³-hybridized carbons (Fsp3) is 0.200. The average Bonchev–Trinajstić information content (AvgIpc) is 2.45. The van der Waals surface area contributed by atoms with E-state index in [9.17, 15) is 0 Å². The second kappa shape index (κ2) is 7.47. The lowest BCUT2D eigenvalue weighted by atomic mass is 9.99. The number of rotatable bonds is 5. The van der Waals surface area contributed by atoms with Gasteiger partial charge in [0.1, 0.15) is 5.75 Å². The van der Waals surface area contributed by atoms with E-state index in [0.29, 0.717) is 16.5 Å². The first-order chi connectivity index (χ1) is 10.0. The zero-order valence-corrected chi connectivity index (χ0v) is 14.5. The summed E-state index contributed by atoms with van der Waals surface area (Å²) in [6, 6.07) is 11.2. The molecular weight excluding hydrogens is 375 g/mol. The lowest BCUT2D eigenvalue weighted by molar-refractivity contribution is 0.412. The fourth-order valence-electron chi connectivity index (χ4n) is 2.12. The van der Waals surface area contributed by atoms with Gasteiger partial charge in [-0.05, 0) is 57.7 Å². The third-order valence-electron chi connectivity index (χ3n) is 3.20. The smallest absolute Gasteiger partial charge is 0.133 e. The molecule has 0 fully saturated rings. The zero-order valence-electron chi connectivity index (χ0n) is 11.4. The molecule has 2 aromatic carbocycles. The molecule has 2 aromatic rings. The molecule has 0 aliphatic heterocycles. The number of benzene rings is 2. The molecule has 3 nitrogen and oxygen atoms in total. The molecule has 1 unspecified atom stereocenters. The maximum atomic E-state index is 6.24. The number of nitrogens with two attached hydrogens (primary N) is 1. The van der Waals surface area contributed by atoms with Gasteiger partial charge >= 0.3 is 0 Å². The van der Waals surface area contributed by atoms with Crippen molar-refractivity contribution in [1.29, 1.82) is 0 Å². The number of methoxy groups -OCH3 is 1. The minimum atomic E-state index is -0.102. The Hall–Kier alpha value is -0.780. The molecule has 0 amide bonds. The van der Waals surface area contributed by atoms with Crippen LogP contribution in [0.25, 0.3) is 0 Å². The monoisotopic (exact) mass is 388 g/mol. The predicted molar refractivity (Wildman–Crippen MR) is 90.9 cm³/mol. The summed E-state index contributed by atoms with van der Waals surface area (Å²) >= 11 is 15.6. The van der Waals surface area contributed by atoms with Gasteiger partial charge in [0.05, 0.1) is 17.6 Å². The van der Waals surface area contributed by atoms with Gasteiger partial charge in [0.25, 0.3) is 0 Å². The summed E-state index contributed by atoms with van der Waals surface area (Å²) in [6.07, 6.45) is 0.695. The van der Waals surface area contributed by atoms with E-state index < -0.39 is 0 Å². The van der Waals surface area contributed by atoms with Crippen LogP contribution in [0.15, 0.2) is 40.9 Å². The quantitative estimate of drug-likeness (QED) is 0.584. The van der Waals surface area contributed by atoms with E-state index in [4.69, 9.17) is 33.8 Å². The van der Waals surface area contributed by atoms with Crippen molar-refractivity contribution in [1.82, 2.24) is 5.43 Å². The van der Waals surface area contributed by atoms with Gasteiger partial charge in [-0.25, -0.2) is 0 Å². The Labute approximate surface area is 142 Å². The van der Waals surface area contributed by atoms with Gasteiger partial charge in [0.15, 0.2) is 0 Å². The van der Waals surface area contributed by atoms with Crippen molar-refractivity contribution < 1.29 is 4.74 Å². The third-order valence-corrected chi connectivity index (χ3v) is 4.38. The number of ether oxygens (including phenoxy) is 1. The summed E-state index contributed by atoms with van der Waals surface area (Å²) in [5.41, 5.74) is 4.82. The highest BCUT2D eigenvalue weighted by Crippen LogP contribution is 2.30. The molecule has 0 aliphatic carbocycles. The molecule has 0 aliphatic rings. The lowest BCUT2D eigenvalue weighted by Gasteiger charge is -2.18. The Morgan fingerprint density at radius 2 is 2.00 bits per heavy atom. The normalized spacial score (nSPS) is 12.2. The van der Waals surface area contributed by atoms with Crippen LogP contribution in [-0.4, -0.2) is 7.11 Å². The van der Waals surface area contributed by atoms with Gasteiger partial charge in [0, 0.05) is 10.0 Å². The van der Waals surface area contributed by atoms with Crippen molar-refractivity contribution in [3.05, 3.63) is 62.0 Å². The summed E-state index contributed by atoms with van der Waals surface area (Å²) in [7, 11) is 1.64. The molecule has 1 atom stereocenters. The number of nitrogens with one attached hydrogen (secondary N) is 1. The van der Waals surface area contributed by atoms with Crippen LogP contribution in [0.5, 0.6) is 5.75 Å². The largest absolute Gasteiger partial charge is 0.496 e. The molecule has 3 N–H and O–H groups in total. The number of hydrazine groups is 1. The summed E-state index contributed by atoms with van der Waals surface area (Å²) < 4.78 is 6.13. The van der Waals surface area contributed by atoms with Crippen molar-refractivity contribution >= 4 is 39.1 Å². The van der Waals surface area contributed by atoms with Crippen LogP contribution in [0.2, 0.25) is 10.0 Å². The van der Waals surface area contributed by atoms with Crippen LogP contribution >= 0.6 is 39.1 Å². The highest BCUT2D eigenvalue weighted by atomic mass is 79.9. The zero-order chi connectivity index (χ0) is 15.4. The molecule has 21 heavy (non-hydrogen) atoms. The van der Waals surface area contributed by atoms with E-state index in [1.807, 2.05) is 24.3 Å². The molecule has 0 radical (unpaired) electrons. The van der Waals surface area contributed by atoms with Gasteiger partial charge in [-0.2, -0.15) is 0 Å². The van der Waals surface area contributed by atoms with Gasteiger partial charge in [0.2, 0.25) is 0 Å². The molecule has 0 heterocycles. The average molecular weight is 390 g/mol. The highest BCUT2D eigenvalue weighted by Gasteiger charge is 2.15. The van der Waals surface area contributed by atoms with Gasteiger partial charge in [-0.3, -0.25) is 11.3 Å². The maximum Gasteiger partial charge on any atom is 0.133 e. The molecule has 2 rings (SSSR count). The first kappa shape index (κ1) is 16.6. The van der Waals surface area contributed by atoms with Crippen LogP contribution in [0.4, 0.5) is 0 Å². The van der Waals surface area contributed by atoms with Gasteiger partial charge < -0.3 is 4.74 Å². The Bertz CT molecular complexity index is 637. The van der Waals surface area contributed by atoms with Crippen molar-refractivity contribution in [2.24, 2.45) is 5.84 Å². The van der Waals surface area contributed by atoms with E-state index >= 15 is 0 Å². The SMILES string of the molecule is COc1ccc(CC(NN)c2ccc(Cl)cc2Cl)cc1Br. The van der Waals surface area contributed by atoms with E-state index in [1.54, 1.807) is 19.2 Å². The minimum absolute atomic E-state index is 0.102. The van der Waals surface area contributed by atoms with Crippen molar-refractivity contribution in [3.63, 3.8) is 0 Å². The van der Waals surface area contributed by atoms with Crippen molar-refractivity contribution in [2.45, 2.75) is 12.5 Å². The minimum Gasteiger partial charge on any atom is -0.496 e.